The second-order valence-corrected chi connectivity index (χ2v) is 6.29. The third-order valence-corrected chi connectivity index (χ3v) is 4.02. The second-order valence-electron chi connectivity index (χ2n) is 4.16. The molecule has 21 heavy (non-hydrogen) atoms. The highest BCUT2D eigenvalue weighted by Crippen LogP contribution is 2.25. The van der Waals surface area contributed by atoms with E-state index in [4.69, 9.17) is 27.9 Å². The van der Waals surface area contributed by atoms with Crippen LogP contribution in [0, 0.1) is 6.92 Å². The van der Waals surface area contributed by atoms with Crippen LogP contribution >= 0.6 is 34.5 Å². The normalized spacial score (nSPS) is 10.2. The highest BCUT2D eigenvalue weighted by atomic mass is 35.5. The lowest BCUT2D eigenvalue weighted by Crippen LogP contribution is -2.20. The van der Waals surface area contributed by atoms with Gasteiger partial charge in [0.1, 0.15) is 4.88 Å². The van der Waals surface area contributed by atoms with E-state index in [0.717, 1.165) is 4.88 Å². The average molecular weight is 344 g/mol. The summed E-state index contributed by atoms with van der Waals surface area (Å²) >= 11 is 13.0. The zero-order valence-corrected chi connectivity index (χ0v) is 13.3. The Labute approximate surface area is 135 Å². The zero-order chi connectivity index (χ0) is 15.4. The van der Waals surface area contributed by atoms with Gasteiger partial charge in [-0.3, -0.25) is 4.79 Å². The Morgan fingerprint density at radius 2 is 2.00 bits per heavy atom. The number of benzene rings is 1. The quantitative estimate of drug-likeness (QED) is 0.848. The number of thiophene rings is 1. The fourth-order valence-electron chi connectivity index (χ4n) is 1.53. The van der Waals surface area contributed by atoms with Gasteiger partial charge in [-0.25, -0.2) is 4.79 Å². The van der Waals surface area contributed by atoms with Gasteiger partial charge in [0.2, 0.25) is 0 Å². The minimum absolute atomic E-state index is 0.355. The predicted molar refractivity (Wildman–Crippen MR) is 84.4 cm³/mol. The lowest BCUT2D eigenvalue weighted by atomic mass is 10.3. The first-order valence-electron chi connectivity index (χ1n) is 5.94. The maximum Gasteiger partial charge on any atom is 0.348 e. The highest BCUT2D eigenvalue weighted by Gasteiger charge is 2.13. The first kappa shape index (κ1) is 15.8. The maximum atomic E-state index is 11.7. The molecule has 1 aromatic heterocycles. The predicted octanol–water partition coefficient (Wildman–Crippen LogP) is 4.16. The monoisotopic (exact) mass is 343 g/mol. The second kappa shape index (κ2) is 6.93. The van der Waals surface area contributed by atoms with Gasteiger partial charge in [-0.05, 0) is 37.3 Å². The van der Waals surface area contributed by atoms with Crippen molar-refractivity contribution in [1.29, 1.82) is 0 Å². The van der Waals surface area contributed by atoms with E-state index in [2.05, 4.69) is 5.32 Å². The van der Waals surface area contributed by atoms with Crippen molar-refractivity contribution < 1.29 is 14.3 Å². The number of carbonyl (C=O) groups is 2. The molecule has 7 heteroatoms. The molecule has 1 heterocycles. The Morgan fingerprint density at radius 1 is 1.24 bits per heavy atom. The molecule has 2 aromatic rings. The number of halogens is 2. The number of anilines is 1. The Morgan fingerprint density at radius 3 is 2.67 bits per heavy atom. The van der Waals surface area contributed by atoms with Crippen molar-refractivity contribution in [2.75, 3.05) is 11.9 Å². The Bertz CT molecular complexity index is 685. The molecule has 1 N–H and O–H groups in total. The van der Waals surface area contributed by atoms with Crippen LogP contribution in [0.2, 0.25) is 10.0 Å². The van der Waals surface area contributed by atoms with Gasteiger partial charge in [0.15, 0.2) is 6.61 Å². The molecule has 0 aliphatic carbocycles. The fourth-order valence-corrected chi connectivity index (χ4v) is 2.62. The number of rotatable bonds is 4. The van der Waals surface area contributed by atoms with Crippen molar-refractivity contribution in [1.82, 2.24) is 0 Å². The summed E-state index contributed by atoms with van der Waals surface area (Å²) in [5, 5.41) is 3.33. The van der Waals surface area contributed by atoms with E-state index < -0.39 is 18.5 Å². The molecule has 110 valence electrons. The van der Waals surface area contributed by atoms with Crippen LogP contribution in [0.3, 0.4) is 0 Å². The number of hydrogen-bond acceptors (Lipinski definition) is 4. The molecule has 1 amide bonds. The van der Waals surface area contributed by atoms with E-state index in [1.807, 2.05) is 13.0 Å². The molecule has 4 nitrogen and oxygen atoms in total. The van der Waals surface area contributed by atoms with Gasteiger partial charge in [0.05, 0.1) is 10.7 Å². The summed E-state index contributed by atoms with van der Waals surface area (Å²) in [5.74, 6) is -1.01. The number of amides is 1. The third-order valence-electron chi connectivity index (χ3n) is 2.48. The summed E-state index contributed by atoms with van der Waals surface area (Å²) in [6.45, 7) is 1.49. The van der Waals surface area contributed by atoms with Crippen LogP contribution in [0.25, 0.3) is 0 Å². The van der Waals surface area contributed by atoms with Crippen molar-refractivity contribution in [2.45, 2.75) is 6.92 Å². The Balaban J connectivity index is 1.90. The first-order chi connectivity index (χ1) is 9.95. The van der Waals surface area contributed by atoms with E-state index in [9.17, 15) is 9.59 Å². The molecule has 2 rings (SSSR count). The molecule has 0 saturated heterocycles. The molecule has 0 radical (unpaired) electrons. The molecule has 0 saturated carbocycles. The largest absolute Gasteiger partial charge is 0.451 e. The Kier molecular flexibility index (Phi) is 5.22. The van der Waals surface area contributed by atoms with Crippen molar-refractivity contribution in [3.63, 3.8) is 0 Å². The topological polar surface area (TPSA) is 55.4 Å². The number of ether oxygens (including phenoxy) is 1. The van der Waals surface area contributed by atoms with Crippen molar-refractivity contribution >= 4 is 52.1 Å². The van der Waals surface area contributed by atoms with Crippen LogP contribution in [0.15, 0.2) is 30.3 Å². The first-order valence-corrected chi connectivity index (χ1v) is 7.51. The Hall–Kier alpha value is -1.56. The van der Waals surface area contributed by atoms with Gasteiger partial charge < -0.3 is 10.1 Å². The lowest BCUT2D eigenvalue weighted by molar-refractivity contribution is -0.119. The van der Waals surface area contributed by atoms with Crippen LogP contribution in [-0.2, 0) is 9.53 Å². The number of aryl methyl sites for hydroxylation is 1. The highest BCUT2D eigenvalue weighted by molar-refractivity contribution is 7.13. The standard InChI is InChI=1S/C14H11Cl2NO3S/c1-8-2-5-12(21-8)14(19)20-7-13(18)17-11-6-9(15)3-4-10(11)16/h2-6H,7H2,1H3,(H,17,18). The van der Waals surface area contributed by atoms with Crippen LogP contribution in [0.4, 0.5) is 5.69 Å². The summed E-state index contributed by atoms with van der Waals surface area (Å²) in [5.41, 5.74) is 0.372. The molecule has 0 unspecified atom stereocenters. The molecule has 0 spiro atoms. The summed E-state index contributed by atoms with van der Waals surface area (Å²) in [4.78, 5) is 24.9. The molecule has 1 aromatic carbocycles. The van der Waals surface area contributed by atoms with Gasteiger partial charge in [-0.15, -0.1) is 11.3 Å². The zero-order valence-electron chi connectivity index (χ0n) is 11.0. The summed E-state index contributed by atoms with van der Waals surface area (Å²) in [6, 6.07) is 8.17. The summed E-state index contributed by atoms with van der Waals surface area (Å²) < 4.78 is 4.93. The van der Waals surface area contributed by atoms with Gasteiger partial charge in [-0.2, -0.15) is 0 Å². The van der Waals surface area contributed by atoms with E-state index in [0.29, 0.717) is 20.6 Å². The molecule has 0 aliphatic heterocycles. The molecule has 0 atom stereocenters. The number of carbonyl (C=O) groups excluding carboxylic acids is 2. The van der Waals surface area contributed by atoms with E-state index >= 15 is 0 Å². The number of hydrogen-bond donors (Lipinski definition) is 1. The molecule has 0 aliphatic rings. The third kappa shape index (κ3) is 4.46. The van der Waals surface area contributed by atoms with Crippen molar-refractivity contribution in [3.8, 4) is 0 Å². The van der Waals surface area contributed by atoms with Crippen LogP contribution in [-0.4, -0.2) is 18.5 Å². The van der Waals surface area contributed by atoms with Crippen LogP contribution < -0.4 is 5.32 Å². The number of nitrogens with one attached hydrogen (secondary N) is 1. The number of esters is 1. The SMILES string of the molecule is Cc1ccc(C(=O)OCC(=O)Nc2cc(Cl)ccc2Cl)s1. The van der Waals surface area contributed by atoms with E-state index in [-0.39, 0.29) is 0 Å². The van der Waals surface area contributed by atoms with Gasteiger partial charge in [0, 0.05) is 9.90 Å². The average Bonchev–Trinajstić information content (AvgIpc) is 2.87. The molecule has 0 bridgehead atoms. The smallest absolute Gasteiger partial charge is 0.348 e. The van der Waals surface area contributed by atoms with Crippen LogP contribution in [0.5, 0.6) is 0 Å². The van der Waals surface area contributed by atoms with E-state index in [1.165, 1.54) is 17.4 Å². The minimum atomic E-state index is -0.527. The van der Waals surface area contributed by atoms with Gasteiger partial charge in [0.25, 0.3) is 5.91 Å². The molecular weight excluding hydrogens is 333 g/mol. The molecular formula is C14H11Cl2NO3S. The minimum Gasteiger partial charge on any atom is -0.451 e. The fraction of sp³-hybridized carbons (Fsp3) is 0.143. The summed E-state index contributed by atoms with van der Waals surface area (Å²) in [6.07, 6.45) is 0. The van der Waals surface area contributed by atoms with Gasteiger partial charge >= 0.3 is 5.97 Å². The maximum absolute atomic E-state index is 11.7. The van der Waals surface area contributed by atoms with Crippen molar-refractivity contribution in [2.24, 2.45) is 0 Å². The van der Waals surface area contributed by atoms with Gasteiger partial charge in [-0.1, -0.05) is 23.2 Å². The van der Waals surface area contributed by atoms with Crippen molar-refractivity contribution in [3.05, 3.63) is 50.1 Å². The molecule has 0 fully saturated rings. The summed E-state index contributed by atoms with van der Waals surface area (Å²) in [7, 11) is 0. The van der Waals surface area contributed by atoms with Crippen LogP contribution in [0.1, 0.15) is 14.5 Å². The van der Waals surface area contributed by atoms with E-state index in [1.54, 1.807) is 18.2 Å². The lowest BCUT2D eigenvalue weighted by Gasteiger charge is -2.08.